The van der Waals surface area contributed by atoms with Gasteiger partial charge in [0.1, 0.15) is 0 Å². The van der Waals surface area contributed by atoms with Gasteiger partial charge < -0.3 is 9.64 Å². The van der Waals surface area contributed by atoms with Gasteiger partial charge in [-0.2, -0.15) is 5.10 Å². The first kappa shape index (κ1) is 22.1. The third kappa shape index (κ3) is 5.39. The molecule has 0 aromatic carbocycles. The molecule has 0 unspecified atom stereocenters. The van der Waals surface area contributed by atoms with E-state index >= 15 is 0 Å². The van der Waals surface area contributed by atoms with E-state index in [1.54, 1.807) is 0 Å². The smallest absolute Gasteiger partial charge is 0.225 e. The fraction of sp³-hybridized carbons (Fsp3) is 0.650. The van der Waals surface area contributed by atoms with Gasteiger partial charge in [0.2, 0.25) is 16.0 Å². The van der Waals surface area contributed by atoms with Crippen LogP contribution in [0, 0.1) is 5.82 Å². The van der Waals surface area contributed by atoms with Crippen molar-refractivity contribution in [3.05, 3.63) is 35.7 Å². The molecule has 0 saturated carbocycles. The number of fused-ring (bicyclic) bond motifs is 1. The van der Waals surface area contributed by atoms with Crippen LogP contribution in [0.3, 0.4) is 0 Å². The van der Waals surface area contributed by atoms with Gasteiger partial charge in [-0.3, -0.25) is 4.68 Å². The van der Waals surface area contributed by atoms with Crippen molar-refractivity contribution in [2.75, 3.05) is 30.9 Å². The zero-order valence-corrected chi connectivity index (χ0v) is 18.7. The number of hydrogen-bond donors (Lipinski definition) is 1. The van der Waals surface area contributed by atoms with E-state index in [-0.39, 0.29) is 18.2 Å². The summed E-state index contributed by atoms with van der Waals surface area (Å²) in [6.45, 7) is 3.89. The van der Waals surface area contributed by atoms with E-state index in [1.807, 2.05) is 9.58 Å². The molecule has 2 aliphatic rings. The predicted molar refractivity (Wildman–Crippen MR) is 114 cm³/mol. The Kier molecular flexibility index (Phi) is 6.54. The molecule has 2 atom stereocenters. The Labute approximate surface area is 182 Å². The molecule has 2 aromatic heterocycles. The zero-order chi connectivity index (χ0) is 22.0. The highest BCUT2D eigenvalue weighted by atomic mass is 32.2. The molecule has 0 aliphatic carbocycles. The van der Waals surface area contributed by atoms with Crippen LogP contribution in [0.25, 0.3) is 0 Å². The van der Waals surface area contributed by atoms with Crippen molar-refractivity contribution in [3.8, 4) is 0 Å². The first-order valence-corrected chi connectivity index (χ1v) is 12.6. The summed E-state index contributed by atoms with van der Waals surface area (Å²) in [5.74, 6) is 0.0776. The molecule has 0 bridgehead atoms. The summed E-state index contributed by atoms with van der Waals surface area (Å²) in [6.07, 6.45) is 7.53. The largest absolute Gasteiger partial charge is 0.376 e. The van der Waals surface area contributed by atoms with Crippen molar-refractivity contribution in [2.24, 2.45) is 0 Å². The van der Waals surface area contributed by atoms with Crippen molar-refractivity contribution in [3.63, 3.8) is 0 Å². The standard InChI is InChI=1S/C20H29FN6O3S/c1-3-15-10-16-4-5-18(25-31(2,28)29)19(27(16)24-15)13-30-17-6-8-26(9-7-17)20-22-11-14(21)12-23-20/h10-12,17-19,25H,3-9,13H2,1-2H3/t18-,19-/m0/s1. The second-order valence-corrected chi connectivity index (χ2v) is 10.0. The number of nitrogens with one attached hydrogen (secondary N) is 1. The molecule has 0 radical (unpaired) electrons. The summed E-state index contributed by atoms with van der Waals surface area (Å²) in [4.78, 5) is 10.1. The predicted octanol–water partition coefficient (Wildman–Crippen LogP) is 1.47. The summed E-state index contributed by atoms with van der Waals surface area (Å²) >= 11 is 0. The van der Waals surface area contributed by atoms with Crippen LogP contribution in [0.5, 0.6) is 0 Å². The average Bonchev–Trinajstić information content (AvgIpc) is 3.16. The van der Waals surface area contributed by atoms with Crippen molar-refractivity contribution in [2.45, 2.75) is 57.2 Å². The molecule has 0 spiro atoms. The van der Waals surface area contributed by atoms with Crippen LogP contribution < -0.4 is 9.62 Å². The minimum Gasteiger partial charge on any atom is -0.376 e. The number of sulfonamides is 1. The Morgan fingerprint density at radius 1 is 1.23 bits per heavy atom. The Bertz CT molecular complexity index is 989. The maximum absolute atomic E-state index is 13.0. The molecule has 2 aromatic rings. The third-order valence-electron chi connectivity index (χ3n) is 5.92. The third-order valence-corrected chi connectivity index (χ3v) is 6.65. The van der Waals surface area contributed by atoms with Crippen LogP contribution in [0.15, 0.2) is 18.5 Å². The van der Waals surface area contributed by atoms with Gasteiger partial charge in [-0.25, -0.2) is 27.5 Å². The lowest BCUT2D eigenvalue weighted by atomic mass is 9.98. The second kappa shape index (κ2) is 9.17. The minimum absolute atomic E-state index is 0.0576. The van der Waals surface area contributed by atoms with Crippen molar-refractivity contribution in [1.29, 1.82) is 0 Å². The number of ether oxygens (including phenoxy) is 1. The summed E-state index contributed by atoms with van der Waals surface area (Å²) < 4.78 is 47.8. The molecule has 31 heavy (non-hydrogen) atoms. The molecular weight excluding hydrogens is 423 g/mol. The molecule has 4 rings (SSSR count). The maximum Gasteiger partial charge on any atom is 0.225 e. The van der Waals surface area contributed by atoms with Gasteiger partial charge in [0, 0.05) is 24.8 Å². The molecule has 2 aliphatic heterocycles. The molecular formula is C20H29FN6O3S. The summed E-state index contributed by atoms with van der Waals surface area (Å²) in [6, 6.07) is 1.67. The number of anilines is 1. The second-order valence-electron chi connectivity index (χ2n) is 8.25. The summed E-state index contributed by atoms with van der Waals surface area (Å²) in [7, 11) is -3.34. The van der Waals surface area contributed by atoms with Crippen LogP contribution in [0.1, 0.15) is 43.6 Å². The molecule has 1 fully saturated rings. The van der Waals surface area contributed by atoms with Crippen LogP contribution in [0.4, 0.5) is 10.3 Å². The quantitative estimate of drug-likeness (QED) is 0.679. The fourth-order valence-electron chi connectivity index (χ4n) is 4.33. The van der Waals surface area contributed by atoms with Gasteiger partial charge >= 0.3 is 0 Å². The summed E-state index contributed by atoms with van der Waals surface area (Å²) in [5, 5.41) is 4.70. The molecule has 4 heterocycles. The number of hydrogen-bond acceptors (Lipinski definition) is 7. The minimum atomic E-state index is -3.34. The number of nitrogens with zero attached hydrogens (tertiary/aromatic N) is 5. The lowest BCUT2D eigenvalue weighted by Crippen LogP contribution is -2.47. The topological polar surface area (TPSA) is 102 Å². The number of piperidine rings is 1. The maximum atomic E-state index is 13.0. The molecule has 1 N–H and O–H groups in total. The number of aromatic nitrogens is 4. The van der Waals surface area contributed by atoms with Gasteiger partial charge in [-0.1, -0.05) is 6.92 Å². The van der Waals surface area contributed by atoms with Gasteiger partial charge in [0.25, 0.3) is 0 Å². The molecule has 11 heteroatoms. The van der Waals surface area contributed by atoms with E-state index < -0.39 is 15.8 Å². The van der Waals surface area contributed by atoms with Crippen molar-refractivity contribution >= 4 is 16.0 Å². The van der Waals surface area contributed by atoms with Crippen LogP contribution in [-0.4, -0.2) is 66.3 Å². The first-order chi connectivity index (χ1) is 14.8. The van der Waals surface area contributed by atoms with E-state index in [0.29, 0.717) is 12.6 Å². The first-order valence-electron chi connectivity index (χ1n) is 10.7. The van der Waals surface area contributed by atoms with Crippen molar-refractivity contribution in [1.82, 2.24) is 24.5 Å². The highest BCUT2D eigenvalue weighted by molar-refractivity contribution is 7.88. The van der Waals surface area contributed by atoms with Crippen LogP contribution in [-0.2, 0) is 27.6 Å². The zero-order valence-electron chi connectivity index (χ0n) is 17.9. The van der Waals surface area contributed by atoms with E-state index in [2.05, 4.69) is 27.7 Å². The van der Waals surface area contributed by atoms with E-state index in [1.165, 1.54) is 18.6 Å². The Morgan fingerprint density at radius 2 is 1.94 bits per heavy atom. The lowest BCUT2D eigenvalue weighted by molar-refractivity contribution is 0.00599. The molecule has 9 nitrogen and oxygen atoms in total. The van der Waals surface area contributed by atoms with E-state index in [0.717, 1.165) is 56.6 Å². The number of rotatable bonds is 7. The van der Waals surface area contributed by atoms with E-state index in [4.69, 9.17) is 9.84 Å². The van der Waals surface area contributed by atoms with Gasteiger partial charge in [0.05, 0.1) is 43.1 Å². The Hall–Kier alpha value is -2.11. The monoisotopic (exact) mass is 452 g/mol. The molecule has 170 valence electrons. The van der Waals surface area contributed by atoms with Crippen LogP contribution >= 0.6 is 0 Å². The van der Waals surface area contributed by atoms with Crippen LogP contribution in [0.2, 0.25) is 0 Å². The van der Waals surface area contributed by atoms with Gasteiger partial charge in [-0.05, 0) is 38.2 Å². The average molecular weight is 453 g/mol. The number of aryl methyl sites for hydroxylation is 2. The lowest BCUT2D eigenvalue weighted by Gasteiger charge is -2.36. The van der Waals surface area contributed by atoms with Gasteiger partial charge in [0.15, 0.2) is 5.82 Å². The SMILES string of the molecule is CCc1cc2n(n1)[C@@H](COC1CCN(c3ncc(F)cn3)CC1)[C@@H](NS(C)(=O)=O)CC2. The summed E-state index contributed by atoms with van der Waals surface area (Å²) in [5.41, 5.74) is 2.13. The fourth-order valence-corrected chi connectivity index (χ4v) is 5.15. The normalized spacial score (nSPS) is 22.5. The molecule has 1 saturated heterocycles. The number of halogens is 1. The highest BCUT2D eigenvalue weighted by Crippen LogP contribution is 2.28. The Morgan fingerprint density at radius 3 is 2.58 bits per heavy atom. The highest BCUT2D eigenvalue weighted by Gasteiger charge is 2.34. The van der Waals surface area contributed by atoms with Crippen molar-refractivity contribution < 1.29 is 17.5 Å². The Balaban J connectivity index is 1.39. The molecule has 0 amide bonds. The van der Waals surface area contributed by atoms with Gasteiger partial charge in [-0.15, -0.1) is 0 Å². The van der Waals surface area contributed by atoms with E-state index in [9.17, 15) is 12.8 Å².